The molecule has 0 aromatic heterocycles. The number of rotatable bonds is 7. The molecule has 0 aliphatic carbocycles. The normalized spacial score (nSPS) is 11.3. The Balaban J connectivity index is 0.00000484. The maximum absolute atomic E-state index is 11.5. The summed E-state index contributed by atoms with van der Waals surface area (Å²) in [6.45, 7) is 3.62. The van der Waals surface area contributed by atoms with Gasteiger partial charge in [0, 0.05) is 6.54 Å². The largest absolute Gasteiger partial charge is 0.357 e. The van der Waals surface area contributed by atoms with Crippen LogP contribution in [-0.2, 0) is 22.3 Å². The van der Waals surface area contributed by atoms with Gasteiger partial charge in [-0.2, -0.15) is 0 Å². The third-order valence-corrected chi connectivity index (χ3v) is 4.15. The minimum absolute atomic E-state index is 0. The molecule has 0 aliphatic rings. The van der Waals surface area contributed by atoms with Crippen LogP contribution in [0, 0.1) is 12.3 Å². The Morgan fingerprint density at radius 3 is 2.35 bits per heavy atom. The summed E-state index contributed by atoms with van der Waals surface area (Å²) in [7, 11) is -1.84. The lowest BCUT2D eigenvalue weighted by Gasteiger charge is -2.09. The van der Waals surface area contributed by atoms with Gasteiger partial charge in [0.2, 0.25) is 10.0 Å². The first kappa shape index (κ1) is 21.7. The Morgan fingerprint density at radius 2 is 1.83 bits per heavy atom. The molecule has 0 unspecified atom stereocenters. The summed E-state index contributed by atoms with van der Waals surface area (Å²) in [5.74, 6) is 3.12. The molecule has 0 heterocycles. The maximum Gasteiger partial charge on any atom is 0.215 e. The molecule has 0 atom stereocenters. The topological polar surface area (TPSA) is 82.6 Å². The van der Waals surface area contributed by atoms with E-state index >= 15 is 0 Å². The van der Waals surface area contributed by atoms with Gasteiger partial charge in [0.1, 0.15) is 0 Å². The smallest absolute Gasteiger partial charge is 0.215 e. The Morgan fingerprint density at radius 1 is 1.22 bits per heavy atom. The molecule has 128 valence electrons. The van der Waals surface area contributed by atoms with Gasteiger partial charge in [-0.25, -0.2) is 18.1 Å². The van der Waals surface area contributed by atoms with Gasteiger partial charge in [0.25, 0.3) is 0 Å². The minimum atomic E-state index is -3.25. The van der Waals surface area contributed by atoms with Gasteiger partial charge in [0.05, 0.1) is 18.8 Å². The van der Waals surface area contributed by atoms with Gasteiger partial charge < -0.3 is 10.6 Å². The first-order valence-electron chi connectivity index (χ1n) is 6.95. The van der Waals surface area contributed by atoms with Crippen LogP contribution in [0.2, 0.25) is 0 Å². The molecule has 1 aromatic rings. The average molecular weight is 450 g/mol. The Hall–Kier alpha value is -1.31. The molecular formula is C15H23IN4O2S. The van der Waals surface area contributed by atoms with E-state index in [2.05, 4.69) is 26.3 Å². The molecular weight excluding hydrogens is 427 g/mol. The Kier molecular flexibility index (Phi) is 10.6. The number of benzene rings is 1. The number of guanidine groups is 1. The number of hydrogen-bond donors (Lipinski definition) is 3. The van der Waals surface area contributed by atoms with E-state index in [9.17, 15) is 8.42 Å². The lowest BCUT2D eigenvalue weighted by atomic mass is 10.1. The van der Waals surface area contributed by atoms with E-state index in [0.717, 1.165) is 17.7 Å². The fourth-order valence-corrected chi connectivity index (χ4v) is 2.45. The van der Waals surface area contributed by atoms with Crippen molar-refractivity contribution in [3.05, 3.63) is 35.4 Å². The summed E-state index contributed by atoms with van der Waals surface area (Å²) in [5.41, 5.74) is 1.72. The summed E-state index contributed by atoms with van der Waals surface area (Å²) in [6, 6.07) is 7.33. The molecule has 0 spiro atoms. The number of halogens is 1. The number of nitrogens with zero attached hydrogens (tertiary/aromatic N) is 1. The molecule has 1 aromatic carbocycles. The van der Waals surface area contributed by atoms with Crippen LogP contribution in [-0.4, -0.2) is 34.5 Å². The van der Waals surface area contributed by atoms with Crippen molar-refractivity contribution in [2.75, 3.05) is 20.1 Å². The molecule has 0 aliphatic heterocycles. The number of aliphatic imine (C=N–C) groups is 1. The maximum atomic E-state index is 11.5. The highest BCUT2D eigenvalue weighted by molar-refractivity contribution is 14.0. The molecule has 6 nitrogen and oxygen atoms in total. The van der Waals surface area contributed by atoms with Crippen LogP contribution in [0.4, 0.5) is 0 Å². The minimum Gasteiger partial charge on any atom is -0.357 e. The molecule has 3 N–H and O–H groups in total. The van der Waals surface area contributed by atoms with Gasteiger partial charge in [-0.05, 0) is 25.1 Å². The number of sulfonamides is 1. The summed E-state index contributed by atoms with van der Waals surface area (Å²) >= 11 is 0. The van der Waals surface area contributed by atoms with Gasteiger partial charge in [-0.15, -0.1) is 30.4 Å². The predicted octanol–water partition coefficient (Wildman–Crippen LogP) is 1.04. The summed E-state index contributed by atoms with van der Waals surface area (Å²) in [6.07, 6.45) is 5.21. The zero-order chi connectivity index (χ0) is 16.4. The summed E-state index contributed by atoms with van der Waals surface area (Å²) in [5, 5.41) is 6.10. The second-order valence-electron chi connectivity index (χ2n) is 4.53. The fraction of sp³-hybridized carbons (Fsp3) is 0.400. The van der Waals surface area contributed by atoms with Crippen molar-refractivity contribution in [3.63, 3.8) is 0 Å². The van der Waals surface area contributed by atoms with E-state index in [1.807, 2.05) is 19.1 Å². The summed E-state index contributed by atoms with van der Waals surface area (Å²) < 4.78 is 25.2. The van der Waals surface area contributed by atoms with Crippen LogP contribution < -0.4 is 15.4 Å². The van der Waals surface area contributed by atoms with E-state index in [-0.39, 0.29) is 29.7 Å². The predicted molar refractivity (Wildman–Crippen MR) is 105 cm³/mol. The Bertz CT molecular complexity index is 636. The van der Waals surface area contributed by atoms with Crippen molar-refractivity contribution in [3.8, 4) is 12.3 Å². The quantitative estimate of drug-likeness (QED) is 0.251. The molecule has 0 radical (unpaired) electrons. The van der Waals surface area contributed by atoms with Gasteiger partial charge in [-0.3, -0.25) is 0 Å². The van der Waals surface area contributed by atoms with Gasteiger partial charge >= 0.3 is 0 Å². The van der Waals surface area contributed by atoms with E-state index in [1.165, 1.54) is 7.05 Å². The van der Waals surface area contributed by atoms with Crippen molar-refractivity contribution >= 4 is 40.0 Å². The van der Waals surface area contributed by atoms with Crippen LogP contribution >= 0.6 is 24.0 Å². The third-order valence-electron chi connectivity index (χ3n) is 2.81. The molecule has 0 amide bonds. The number of hydrogen-bond acceptors (Lipinski definition) is 3. The van der Waals surface area contributed by atoms with Crippen molar-refractivity contribution in [1.29, 1.82) is 0 Å². The standard InChI is InChI=1S/C15H22N4O2S.HI/c1-4-10-18-15(17-5-2)19-11-13-6-8-14(9-7-13)12-22(20,21)16-3;/h1,6-9,16H,5,10-12H2,2-3H3,(H2,17,18,19);1H. The van der Waals surface area contributed by atoms with Crippen molar-refractivity contribution in [1.82, 2.24) is 15.4 Å². The molecule has 1 rings (SSSR count). The van der Waals surface area contributed by atoms with Crippen molar-refractivity contribution < 1.29 is 8.42 Å². The van der Waals surface area contributed by atoms with E-state index in [0.29, 0.717) is 19.0 Å². The van der Waals surface area contributed by atoms with Crippen molar-refractivity contribution in [2.45, 2.75) is 19.2 Å². The lowest BCUT2D eigenvalue weighted by Crippen LogP contribution is -2.37. The molecule has 8 heteroatoms. The first-order valence-corrected chi connectivity index (χ1v) is 8.60. The monoisotopic (exact) mass is 450 g/mol. The number of nitrogens with one attached hydrogen (secondary N) is 3. The lowest BCUT2D eigenvalue weighted by molar-refractivity contribution is 0.587. The third kappa shape index (κ3) is 8.78. The zero-order valence-corrected chi connectivity index (χ0v) is 16.4. The fourth-order valence-electron chi connectivity index (χ4n) is 1.68. The molecule has 23 heavy (non-hydrogen) atoms. The van der Waals surface area contributed by atoms with Crippen LogP contribution in [0.5, 0.6) is 0 Å². The highest BCUT2D eigenvalue weighted by Gasteiger charge is 2.08. The Labute approximate surface area is 155 Å². The molecule has 0 saturated carbocycles. The van der Waals surface area contributed by atoms with Gasteiger partial charge in [-0.1, -0.05) is 30.2 Å². The van der Waals surface area contributed by atoms with E-state index in [1.54, 1.807) is 12.1 Å². The van der Waals surface area contributed by atoms with Crippen LogP contribution in [0.1, 0.15) is 18.1 Å². The van der Waals surface area contributed by atoms with Gasteiger partial charge in [0.15, 0.2) is 5.96 Å². The van der Waals surface area contributed by atoms with E-state index in [4.69, 9.17) is 6.42 Å². The van der Waals surface area contributed by atoms with Crippen LogP contribution in [0.15, 0.2) is 29.3 Å². The molecule has 0 bridgehead atoms. The second-order valence-corrected chi connectivity index (χ2v) is 6.46. The highest BCUT2D eigenvalue weighted by atomic mass is 127. The average Bonchev–Trinajstić information content (AvgIpc) is 2.51. The second kappa shape index (κ2) is 11.3. The number of terminal acetylenes is 1. The van der Waals surface area contributed by atoms with E-state index < -0.39 is 10.0 Å². The first-order chi connectivity index (χ1) is 10.5. The highest BCUT2D eigenvalue weighted by Crippen LogP contribution is 2.08. The van der Waals surface area contributed by atoms with Crippen LogP contribution in [0.25, 0.3) is 0 Å². The van der Waals surface area contributed by atoms with Crippen molar-refractivity contribution in [2.24, 2.45) is 4.99 Å². The van der Waals surface area contributed by atoms with Crippen LogP contribution in [0.3, 0.4) is 0 Å². The molecule has 0 saturated heterocycles. The molecule has 0 fully saturated rings. The summed E-state index contributed by atoms with van der Waals surface area (Å²) in [4.78, 5) is 4.41. The SMILES string of the molecule is C#CCNC(=NCc1ccc(CS(=O)(=O)NC)cc1)NCC.I. The zero-order valence-electron chi connectivity index (χ0n) is 13.3.